The first-order valence-electron chi connectivity index (χ1n) is 9.01. The lowest BCUT2D eigenvalue weighted by Gasteiger charge is -2.30. The predicted octanol–water partition coefficient (Wildman–Crippen LogP) is 2.48. The number of fused-ring (bicyclic) bond motifs is 1. The number of nitrogens with zero attached hydrogens (tertiary/aromatic N) is 4. The van der Waals surface area contributed by atoms with Crippen molar-refractivity contribution >= 4 is 34.6 Å². The molecule has 140 valence electrons. The van der Waals surface area contributed by atoms with Gasteiger partial charge in [-0.25, -0.2) is 4.98 Å². The van der Waals surface area contributed by atoms with Crippen molar-refractivity contribution in [3.63, 3.8) is 0 Å². The molecule has 0 N–H and O–H groups in total. The fourth-order valence-electron chi connectivity index (χ4n) is 3.23. The molecule has 2 heterocycles. The maximum Gasteiger partial charge on any atom is 0.242 e. The minimum Gasteiger partial charge on any atom is -0.347 e. The van der Waals surface area contributed by atoms with E-state index in [0.717, 1.165) is 35.7 Å². The lowest BCUT2D eigenvalue weighted by Crippen LogP contribution is -2.40. The van der Waals surface area contributed by atoms with Crippen LogP contribution in [0, 0.1) is 5.92 Å². The lowest BCUT2D eigenvalue weighted by molar-refractivity contribution is -0.130. The topological polar surface area (TPSA) is 58.4 Å². The molecule has 1 saturated heterocycles. The van der Waals surface area contributed by atoms with Gasteiger partial charge < -0.3 is 14.4 Å². The number of thioether (sulfide) groups is 1. The van der Waals surface area contributed by atoms with Gasteiger partial charge >= 0.3 is 0 Å². The summed E-state index contributed by atoms with van der Waals surface area (Å²) in [6.07, 6.45) is 2.27. The van der Waals surface area contributed by atoms with E-state index in [4.69, 9.17) is 0 Å². The summed E-state index contributed by atoms with van der Waals surface area (Å²) < 4.78 is 1.91. The van der Waals surface area contributed by atoms with E-state index in [0.29, 0.717) is 11.7 Å². The summed E-state index contributed by atoms with van der Waals surface area (Å²) in [7, 11) is 3.49. The van der Waals surface area contributed by atoms with E-state index < -0.39 is 0 Å². The summed E-state index contributed by atoms with van der Waals surface area (Å²) in [6.45, 7) is 4.11. The van der Waals surface area contributed by atoms with Gasteiger partial charge in [0.15, 0.2) is 5.16 Å². The van der Waals surface area contributed by atoms with Crippen LogP contribution >= 0.6 is 11.8 Å². The lowest BCUT2D eigenvalue weighted by atomic mass is 10.0. The average Bonchev–Trinajstić information content (AvgIpc) is 2.97. The van der Waals surface area contributed by atoms with Gasteiger partial charge in [-0.05, 0) is 30.9 Å². The summed E-state index contributed by atoms with van der Waals surface area (Å²) in [5.74, 6) is 1.08. The first-order valence-corrected chi connectivity index (χ1v) is 10.00. The van der Waals surface area contributed by atoms with Crippen LogP contribution in [0.4, 0.5) is 0 Å². The molecule has 1 aliphatic heterocycles. The zero-order valence-corrected chi connectivity index (χ0v) is 16.5. The molecule has 6 nitrogen and oxygen atoms in total. The smallest absolute Gasteiger partial charge is 0.242 e. The normalized spacial score (nSPS) is 17.5. The third-order valence-electron chi connectivity index (χ3n) is 4.75. The van der Waals surface area contributed by atoms with E-state index in [2.05, 4.69) is 11.9 Å². The summed E-state index contributed by atoms with van der Waals surface area (Å²) in [5, 5.41) is 0.722. The Morgan fingerprint density at radius 3 is 2.81 bits per heavy atom. The van der Waals surface area contributed by atoms with Gasteiger partial charge in [-0.1, -0.05) is 30.8 Å². The van der Waals surface area contributed by atoms with Gasteiger partial charge in [-0.15, -0.1) is 0 Å². The number of aromatic nitrogens is 2. The number of carbonyl (C=O) groups is 2. The number of rotatable bonds is 5. The molecule has 1 aliphatic rings. The number of likely N-dealkylation sites (tertiary alicyclic amines) is 1. The second-order valence-electron chi connectivity index (χ2n) is 7.13. The van der Waals surface area contributed by atoms with Crippen molar-refractivity contribution in [1.82, 2.24) is 19.4 Å². The van der Waals surface area contributed by atoms with Gasteiger partial charge in [0.25, 0.3) is 0 Å². The first kappa shape index (κ1) is 18.8. The van der Waals surface area contributed by atoms with Crippen molar-refractivity contribution < 1.29 is 9.59 Å². The van der Waals surface area contributed by atoms with Crippen LogP contribution in [0.3, 0.4) is 0 Å². The Labute approximate surface area is 158 Å². The van der Waals surface area contributed by atoms with E-state index in [1.807, 2.05) is 33.7 Å². The number of carbonyl (C=O) groups excluding carboxylic acids is 2. The highest BCUT2D eigenvalue weighted by molar-refractivity contribution is 7.99. The van der Waals surface area contributed by atoms with Gasteiger partial charge in [0.1, 0.15) is 6.54 Å². The number of benzene rings is 1. The van der Waals surface area contributed by atoms with Crippen LogP contribution in [0.25, 0.3) is 11.0 Å². The summed E-state index contributed by atoms with van der Waals surface area (Å²) in [6, 6.07) is 7.77. The number of para-hydroxylation sites is 2. The molecule has 1 fully saturated rings. The van der Waals surface area contributed by atoms with Crippen molar-refractivity contribution in [2.24, 2.45) is 5.92 Å². The number of amides is 2. The second kappa shape index (κ2) is 8.12. The fourth-order valence-corrected chi connectivity index (χ4v) is 4.14. The van der Waals surface area contributed by atoms with Gasteiger partial charge in [-0.3, -0.25) is 9.59 Å². The quantitative estimate of drug-likeness (QED) is 0.755. The molecule has 1 aromatic carbocycles. The Morgan fingerprint density at radius 1 is 1.31 bits per heavy atom. The molecular formula is C19H26N4O2S. The number of hydrogen-bond acceptors (Lipinski definition) is 4. The van der Waals surface area contributed by atoms with E-state index >= 15 is 0 Å². The number of piperidine rings is 1. The van der Waals surface area contributed by atoms with Crippen molar-refractivity contribution in [3.05, 3.63) is 24.3 Å². The number of imidazole rings is 1. The largest absolute Gasteiger partial charge is 0.347 e. The van der Waals surface area contributed by atoms with Gasteiger partial charge in [-0.2, -0.15) is 0 Å². The molecule has 26 heavy (non-hydrogen) atoms. The molecule has 0 unspecified atom stereocenters. The molecular weight excluding hydrogens is 348 g/mol. The Kier molecular flexibility index (Phi) is 5.86. The van der Waals surface area contributed by atoms with E-state index in [1.165, 1.54) is 18.2 Å². The second-order valence-corrected chi connectivity index (χ2v) is 8.08. The van der Waals surface area contributed by atoms with Crippen molar-refractivity contribution in [2.45, 2.75) is 31.5 Å². The first-order chi connectivity index (χ1) is 12.5. The molecule has 1 aromatic heterocycles. The minimum atomic E-state index is 0.00573. The van der Waals surface area contributed by atoms with Crippen LogP contribution in [0.1, 0.15) is 19.8 Å². The Morgan fingerprint density at radius 2 is 2.08 bits per heavy atom. The summed E-state index contributed by atoms with van der Waals surface area (Å²) >= 11 is 1.42. The molecule has 2 aromatic rings. The molecule has 0 bridgehead atoms. The Bertz CT molecular complexity index is 802. The van der Waals surface area contributed by atoms with Crippen LogP contribution in [-0.4, -0.2) is 64.1 Å². The third kappa shape index (κ3) is 4.20. The van der Waals surface area contributed by atoms with Crippen LogP contribution in [-0.2, 0) is 16.1 Å². The molecule has 2 amide bonds. The van der Waals surface area contributed by atoms with E-state index in [-0.39, 0.29) is 18.4 Å². The van der Waals surface area contributed by atoms with Gasteiger partial charge in [0.05, 0.1) is 16.8 Å². The Balaban J connectivity index is 1.76. The van der Waals surface area contributed by atoms with Crippen LogP contribution in [0.15, 0.2) is 29.4 Å². The molecule has 3 rings (SSSR count). The maximum absolute atomic E-state index is 12.6. The van der Waals surface area contributed by atoms with E-state index in [9.17, 15) is 9.59 Å². The highest BCUT2D eigenvalue weighted by Gasteiger charge is 2.22. The van der Waals surface area contributed by atoms with Crippen LogP contribution < -0.4 is 0 Å². The maximum atomic E-state index is 12.6. The highest BCUT2D eigenvalue weighted by Crippen LogP contribution is 2.25. The fraction of sp³-hybridized carbons (Fsp3) is 0.526. The van der Waals surface area contributed by atoms with Crippen molar-refractivity contribution in [2.75, 3.05) is 32.9 Å². The monoisotopic (exact) mass is 374 g/mol. The van der Waals surface area contributed by atoms with Crippen LogP contribution in [0.5, 0.6) is 0 Å². The summed E-state index contributed by atoms with van der Waals surface area (Å²) in [5.41, 5.74) is 1.77. The third-order valence-corrected chi connectivity index (χ3v) is 5.71. The van der Waals surface area contributed by atoms with E-state index in [1.54, 1.807) is 19.0 Å². The molecule has 0 radical (unpaired) electrons. The Hall–Kier alpha value is -2.02. The average molecular weight is 375 g/mol. The number of hydrogen-bond donors (Lipinski definition) is 0. The zero-order valence-electron chi connectivity index (χ0n) is 15.6. The minimum absolute atomic E-state index is 0.00573. The predicted molar refractivity (Wildman–Crippen MR) is 104 cm³/mol. The molecule has 0 spiro atoms. The van der Waals surface area contributed by atoms with Gasteiger partial charge in [0, 0.05) is 27.2 Å². The van der Waals surface area contributed by atoms with Crippen molar-refractivity contribution in [3.8, 4) is 0 Å². The van der Waals surface area contributed by atoms with Crippen molar-refractivity contribution in [1.29, 1.82) is 0 Å². The number of likely N-dealkylation sites (N-methyl/N-ethyl adjacent to an activating group) is 1. The molecule has 0 aliphatic carbocycles. The SMILES string of the molecule is C[C@@H]1CCCN(C(=O)CSc2nc3ccccc3n2CC(=O)N(C)C)C1. The molecule has 0 saturated carbocycles. The summed E-state index contributed by atoms with van der Waals surface area (Å²) in [4.78, 5) is 33.0. The highest BCUT2D eigenvalue weighted by atomic mass is 32.2. The standard InChI is InChI=1S/C19H26N4O2S/c1-14-7-6-10-22(11-14)18(25)13-26-19-20-15-8-4-5-9-16(15)23(19)12-17(24)21(2)3/h4-5,8-9,14H,6-7,10-13H2,1-3H3/t14-/m1/s1. The zero-order chi connectivity index (χ0) is 18.7. The van der Waals surface area contributed by atoms with Crippen LogP contribution in [0.2, 0.25) is 0 Å². The molecule has 1 atom stereocenters. The van der Waals surface area contributed by atoms with Gasteiger partial charge in [0.2, 0.25) is 11.8 Å². The molecule has 7 heteroatoms.